The fraction of sp³-hybridized carbons (Fsp3) is 0.273. The third-order valence-corrected chi connectivity index (χ3v) is 4.34. The molecule has 0 aliphatic heterocycles. The maximum atomic E-state index is 12.4. The van der Waals surface area contributed by atoms with Crippen LogP contribution in [-0.2, 0) is 4.79 Å². The van der Waals surface area contributed by atoms with Crippen LogP contribution in [0.1, 0.15) is 19.4 Å². The lowest BCUT2D eigenvalue weighted by molar-refractivity contribution is -0.112. The fourth-order valence-electron chi connectivity index (χ4n) is 2.73. The van der Waals surface area contributed by atoms with E-state index in [0.717, 1.165) is 30.0 Å². The maximum Gasteiger partial charge on any atom is 0.266 e. The van der Waals surface area contributed by atoms with Crippen LogP contribution < -0.4 is 15.1 Å². The molecule has 2 aromatic carbocycles. The van der Waals surface area contributed by atoms with E-state index in [2.05, 4.69) is 24.1 Å². The molecular formula is C22H26N4O. The normalized spacial score (nSPS) is 10.9. The molecule has 0 atom stereocenters. The van der Waals surface area contributed by atoms with Crippen LogP contribution in [-0.4, -0.2) is 33.1 Å². The number of hydrogen-bond donors (Lipinski definition) is 1. The Labute approximate surface area is 161 Å². The molecule has 0 bridgehead atoms. The molecule has 0 spiro atoms. The zero-order valence-corrected chi connectivity index (χ0v) is 16.4. The second-order valence-electron chi connectivity index (χ2n) is 6.33. The summed E-state index contributed by atoms with van der Waals surface area (Å²) in [7, 11) is 3.91. The first-order valence-corrected chi connectivity index (χ1v) is 9.04. The van der Waals surface area contributed by atoms with Crippen LogP contribution >= 0.6 is 0 Å². The van der Waals surface area contributed by atoms with Crippen molar-refractivity contribution in [2.24, 2.45) is 0 Å². The first kappa shape index (κ1) is 20.1. The zero-order valence-electron chi connectivity index (χ0n) is 16.4. The van der Waals surface area contributed by atoms with Crippen molar-refractivity contribution < 1.29 is 4.79 Å². The van der Waals surface area contributed by atoms with E-state index < -0.39 is 5.91 Å². The Morgan fingerprint density at radius 2 is 1.56 bits per heavy atom. The minimum atomic E-state index is -0.414. The molecule has 140 valence electrons. The van der Waals surface area contributed by atoms with Gasteiger partial charge in [0.15, 0.2) is 0 Å². The van der Waals surface area contributed by atoms with E-state index >= 15 is 0 Å². The number of hydrogen-bond acceptors (Lipinski definition) is 4. The van der Waals surface area contributed by atoms with Gasteiger partial charge in [-0.1, -0.05) is 12.1 Å². The summed E-state index contributed by atoms with van der Waals surface area (Å²) in [5.41, 5.74) is 3.71. The summed E-state index contributed by atoms with van der Waals surface area (Å²) < 4.78 is 0. The number of rotatable bonds is 7. The molecule has 0 aliphatic carbocycles. The lowest BCUT2D eigenvalue weighted by atomic mass is 10.1. The Morgan fingerprint density at radius 1 is 1.00 bits per heavy atom. The number of nitriles is 1. The van der Waals surface area contributed by atoms with Gasteiger partial charge in [-0.3, -0.25) is 4.79 Å². The predicted octanol–water partition coefficient (Wildman–Crippen LogP) is 4.14. The molecule has 1 amide bonds. The Kier molecular flexibility index (Phi) is 7.01. The van der Waals surface area contributed by atoms with Crippen LogP contribution in [0.25, 0.3) is 6.08 Å². The van der Waals surface area contributed by atoms with Crippen molar-refractivity contribution in [2.75, 3.05) is 42.3 Å². The smallest absolute Gasteiger partial charge is 0.266 e. The second-order valence-corrected chi connectivity index (χ2v) is 6.33. The monoisotopic (exact) mass is 362 g/mol. The Balaban J connectivity index is 2.13. The Bertz CT molecular complexity index is 826. The molecule has 27 heavy (non-hydrogen) atoms. The summed E-state index contributed by atoms with van der Waals surface area (Å²) in [5, 5.41) is 12.1. The molecule has 0 fully saturated rings. The van der Waals surface area contributed by atoms with Gasteiger partial charge in [0, 0.05) is 44.2 Å². The van der Waals surface area contributed by atoms with Crippen LogP contribution in [0.4, 0.5) is 17.1 Å². The van der Waals surface area contributed by atoms with Crippen molar-refractivity contribution in [2.45, 2.75) is 13.8 Å². The van der Waals surface area contributed by atoms with Gasteiger partial charge in [0.25, 0.3) is 5.91 Å². The van der Waals surface area contributed by atoms with Gasteiger partial charge in [-0.2, -0.15) is 5.26 Å². The molecule has 0 aromatic heterocycles. The highest BCUT2D eigenvalue weighted by atomic mass is 16.1. The third-order valence-electron chi connectivity index (χ3n) is 4.34. The molecular weight excluding hydrogens is 336 g/mol. The van der Waals surface area contributed by atoms with Crippen molar-refractivity contribution >= 4 is 29.0 Å². The first-order valence-electron chi connectivity index (χ1n) is 9.04. The molecule has 0 saturated carbocycles. The van der Waals surface area contributed by atoms with Crippen LogP contribution in [0.2, 0.25) is 0 Å². The third kappa shape index (κ3) is 5.35. The number of carbonyl (C=O) groups excluding carboxylic acids is 1. The molecule has 0 aliphatic rings. The van der Waals surface area contributed by atoms with E-state index in [4.69, 9.17) is 0 Å². The van der Waals surface area contributed by atoms with E-state index in [1.165, 1.54) is 0 Å². The average Bonchev–Trinajstić information content (AvgIpc) is 2.68. The van der Waals surface area contributed by atoms with Gasteiger partial charge in [0.2, 0.25) is 0 Å². The predicted molar refractivity (Wildman–Crippen MR) is 113 cm³/mol. The Morgan fingerprint density at radius 3 is 2.04 bits per heavy atom. The minimum absolute atomic E-state index is 0.0716. The number of nitrogens with zero attached hydrogens (tertiary/aromatic N) is 3. The van der Waals surface area contributed by atoms with Gasteiger partial charge in [-0.25, -0.2) is 0 Å². The molecule has 0 radical (unpaired) electrons. The number of benzene rings is 2. The highest BCUT2D eigenvalue weighted by molar-refractivity contribution is 6.09. The van der Waals surface area contributed by atoms with E-state index in [1.54, 1.807) is 6.08 Å². The van der Waals surface area contributed by atoms with Crippen molar-refractivity contribution in [3.63, 3.8) is 0 Å². The van der Waals surface area contributed by atoms with Gasteiger partial charge >= 0.3 is 0 Å². The van der Waals surface area contributed by atoms with Gasteiger partial charge in [-0.15, -0.1) is 0 Å². The quantitative estimate of drug-likeness (QED) is 0.594. The van der Waals surface area contributed by atoms with Crippen molar-refractivity contribution in [3.8, 4) is 6.07 Å². The summed E-state index contributed by atoms with van der Waals surface area (Å²) in [6.45, 7) is 6.09. The molecule has 1 N–H and O–H groups in total. The highest BCUT2D eigenvalue weighted by Gasteiger charge is 2.10. The zero-order chi connectivity index (χ0) is 19.8. The summed E-state index contributed by atoms with van der Waals surface area (Å²) in [6.07, 6.45) is 1.61. The molecule has 5 heteroatoms. The van der Waals surface area contributed by atoms with Gasteiger partial charge in [-0.05, 0) is 61.9 Å². The van der Waals surface area contributed by atoms with Crippen LogP contribution in [0.3, 0.4) is 0 Å². The largest absolute Gasteiger partial charge is 0.378 e. The number of carbonyl (C=O) groups is 1. The van der Waals surface area contributed by atoms with E-state index in [9.17, 15) is 10.1 Å². The fourth-order valence-corrected chi connectivity index (χ4v) is 2.73. The van der Waals surface area contributed by atoms with Crippen LogP contribution in [0.15, 0.2) is 54.1 Å². The van der Waals surface area contributed by atoms with Crippen LogP contribution in [0, 0.1) is 11.3 Å². The summed E-state index contributed by atoms with van der Waals surface area (Å²) in [5.74, 6) is -0.414. The maximum absolute atomic E-state index is 12.4. The summed E-state index contributed by atoms with van der Waals surface area (Å²) in [6, 6.07) is 17.3. The lowest BCUT2D eigenvalue weighted by Crippen LogP contribution is -2.21. The standard InChI is InChI=1S/C22H26N4O/c1-5-26(6-2)21-11-7-17(8-12-21)15-18(16-23)22(27)24-19-9-13-20(14-10-19)25(3)4/h7-15H,5-6H2,1-4H3,(H,24,27)/b18-15-. The van der Waals surface area contributed by atoms with Crippen molar-refractivity contribution in [1.82, 2.24) is 0 Å². The summed E-state index contributed by atoms with van der Waals surface area (Å²) in [4.78, 5) is 16.6. The van der Waals surface area contributed by atoms with Gasteiger partial charge < -0.3 is 15.1 Å². The minimum Gasteiger partial charge on any atom is -0.378 e. The average molecular weight is 362 g/mol. The Hall–Kier alpha value is -3.26. The number of nitrogens with one attached hydrogen (secondary N) is 1. The van der Waals surface area contributed by atoms with E-state index in [0.29, 0.717) is 5.69 Å². The summed E-state index contributed by atoms with van der Waals surface area (Å²) >= 11 is 0. The highest BCUT2D eigenvalue weighted by Crippen LogP contribution is 2.18. The molecule has 2 aromatic rings. The lowest BCUT2D eigenvalue weighted by Gasteiger charge is -2.20. The molecule has 0 saturated heterocycles. The molecule has 0 unspecified atom stereocenters. The molecule has 0 heterocycles. The van der Waals surface area contributed by atoms with Crippen LogP contribution in [0.5, 0.6) is 0 Å². The number of anilines is 3. The van der Waals surface area contributed by atoms with E-state index in [1.807, 2.05) is 73.6 Å². The second kappa shape index (κ2) is 9.44. The SMILES string of the molecule is CCN(CC)c1ccc(/C=C(/C#N)C(=O)Nc2ccc(N(C)C)cc2)cc1. The van der Waals surface area contributed by atoms with Crippen molar-refractivity contribution in [3.05, 3.63) is 59.7 Å². The molecule has 2 rings (SSSR count). The van der Waals surface area contributed by atoms with Gasteiger partial charge in [0.1, 0.15) is 11.6 Å². The topological polar surface area (TPSA) is 59.4 Å². The number of amides is 1. The van der Waals surface area contributed by atoms with Crippen molar-refractivity contribution in [1.29, 1.82) is 5.26 Å². The van der Waals surface area contributed by atoms with E-state index in [-0.39, 0.29) is 5.57 Å². The first-order chi connectivity index (χ1) is 13.0. The van der Waals surface area contributed by atoms with Gasteiger partial charge in [0.05, 0.1) is 0 Å². The molecule has 5 nitrogen and oxygen atoms in total.